The number of hydrogen-bond acceptors (Lipinski definition) is 7. The largest absolute Gasteiger partial charge is 0.496 e. The first-order valence-corrected chi connectivity index (χ1v) is 12.6. The number of rotatable bonds is 3. The molecule has 4 aliphatic rings. The number of benzene rings is 2. The lowest BCUT2D eigenvalue weighted by molar-refractivity contribution is -0.169. The molecule has 2 aliphatic carbocycles. The van der Waals surface area contributed by atoms with E-state index >= 15 is 0 Å². The number of carbonyl (C=O) groups is 2. The quantitative estimate of drug-likeness (QED) is 0.648. The van der Waals surface area contributed by atoms with E-state index in [4.69, 9.17) is 14.3 Å². The highest BCUT2D eigenvalue weighted by molar-refractivity contribution is 6.00. The van der Waals surface area contributed by atoms with E-state index in [9.17, 15) is 14.7 Å². The molecular formula is C29H31NO6. The Morgan fingerprint density at radius 2 is 1.78 bits per heavy atom. The highest BCUT2D eigenvalue weighted by Crippen LogP contribution is 2.61. The molecule has 36 heavy (non-hydrogen) atoms. The van der Waals surface area contributed by atoms with E-state index in [1.54, 1.807) is 25.2 Å². The molecular weight excluding hydrogens is 458 g/mol. The first-order valence-electron chi connectivity index (χ1n) is 12.6. The molecule has 2 aromatic carbocycles. The summed E-state index contributed by atoms with van der Waals surface area (Å²) in [6.45, 7) is 3.70. The fourth-order valence-corrected chi connectivity index (χ4v) is 7.01. The topological polar surface area (TPSA) is 85.3 Å². The van der Waals surface area contributed by atoms with Crippen LogP contribution in [0.5, 0.6) is 5.75 Å². The van der Waals surface area contributed by atoms with Crippen molar-refractivity contribution >= 4 is 17.4 Å². The Balaban J connectivity index is 1.48. The van der Waals surface area contributed by atoms with E-state index in [0.717, 1.165) is 11.3 Å². The number of aliphatic hydroxyl groups is 1. The molecule has 6 rings (SSSR count). The molecule has 0 aromatic heterocycles. The number of ether oxygens (including phenoxy) is 2. The summed E-state index contributed by atoms with van der Waals surface area (Å²) in [7, 11) is 1.63. The van der Waals surface area contributed by atoms with Crippen molar-refractivity contribution in [1.82, 2.24) is 0 Å². The molecule has 7 heteroatoms. The minimum Gasteiger partial charge on any atom is -0.496 e. The Morgan fingerprint density at radius 3 is 2.53 bits per heavy atom. The lowest BCUT2D eigenvalue weighted by atomic mass is 9.63. The molecule has 2 aromatic rings. The first kappa shape index (κ1) is 23.3. The number of hydroxylamine groups is 1. The van der Waals surface area contributed by atoms with E-state index in [1.807, 2.05) is 61.5 Å². The van der Waals surface area contributed by atoms with Gasteiger partial charge >= 0.3 is 5.97 Å². The average molecular weight is 490 g/mol. The smallest absolute Gasteiger partial charge is 0.342 e. The Morgan fingerprint density at radius 1 is 1.06 bits per heavy atom. The number of carbonyl (C=O) groups excluding carboxylic acids is 2. The van der Waals surface area contributed by atoms with E-state index in [0.29, 0.717) is 25.0 Å². The van der Waals surface area contributed by atoms with Crippen molar-refractivity contribution in [1.29, 1.82) is 0 Å². The summed E-state index contributed by atoms with van der Waals surface area (Å²) in [5.41, 5.74) is -2.22. The van der Waals surface area contributed by atoms with E-state index in [1.165, 1.54) is 6.08 Å². The molecule has 2 unspecified atom stereocenters. The standard InChI is InChI=1S/C29H31NO6/c1-18-13-14-21-25(27(2)24(31)15-16-29(18,27)33)35-26(32)28(21)17-22(20-11-7-8-12-23(20)34-3)30(36-28)19-9-5-4-6-10-19/h4-12,15-16,18,21-22,25,33H,13-14,17H2,1-3H3/t18-,21+,22?,25+,27-,28?,29+/m0/s1. The van der Waals surface area contributed by atoms with Gasteiger partial charge in [0.2, 0.25) is 5.60 Å². The number of fused-ring (bicyclic) bond motifs is 4. The summed E-state index contributed by atoms with van der Waals surface area (Å²) >= 11 is 0. The van der Waals surface area contributed by atoms with Crippen LogP contribution in [0.2, 0.25) is 0 Å². The molecule has 188 valence electrons. The molecule has 1 saturated carbocycles. The Labute approximate surface area is 210 Å². The van der Waals surface area contributed by atoms with Crippen LogP contribution in [0, 0.1) is 17.3 Å². The maximum Gasteiger partial charge on any atom is 0.342 e. The molecule has 0 amide bonds. The second kappa shape index (κ2) is 7.92. The number of methoxy groups -OCH3 is 1. The average Bonchev–Trinajstić information content (AvgIpc) is 3.49. The van der Waals surface area contributed by atoms with Gasteiger partial charge in [-0.1, -0.05) is 43.3 Å². The van der Waals surface area contributed by atoms with Gasteiger partial charge in [-0.25, -0.2) is 9.86 Å². The molecule has 3 fully saturated rings. The zero-order valence-corrected chi connectivity index (χ0v) is 20.7. The number of ketones is 1. The lowest BCUT2D eigenvalue weighted by Gasteiger charge is -2.43. The summed E-state index contributed by atoms with van der Waals surface area (Å²) in [6, 6.07) is 17.1. The van der Waals surface area contributed by atoms with Gasteiger partial charge in [0.15, 0.2) is 5.78 Å². The minimum atomic E-state index is -1.38. The third kappa shape index (κ3) is 2.87. The van der Waals surface area contributed by atoms with Gasteiger partial charge in [0, 0.05) is 17.9 Å². The molecule has 1 spiro atoms. The summed E-state index contributed by atoms with van der Waals surface area (Å²) in [5, 5.41) is 13.5. The summed E-state index contributed by atoms with van der Waals surface area (Å²) in [4.78, 5) is 33.7. The maximum absolute atomic E-state index is 13.8. The monoisotopic (exact) mass is 489 g/mol. The van der Waals surface area contributed by atoms with E-state index in [2.05, 4.69) is 0 Å². The van der Waals surface area contributed by atoms with Crippen molar-refractivity contribution < 1.29 is 29.0 Å². The number of para-hydroxylation sites is 2. The van der Waals surface area contributed by atoms with Crippen molar-refractivity contribution in [2.75, 3.05) is 12.2 Å². The number of nitrogens with zero attached hydrogens (tertiary/aromatic N) is 1. The molecule has 0 bridgehead atoms. The van der Waals surface area contributed by atoms with Gasteiger partial charge in [0.05, 0.1) is 24.3 Å². The number of anilines is 1. The SMILES string of the molecule is COc1ccccc1C1CC2(ON1c1ccccc1)C(=O)O[C@@H]1[C@H]2CC[C@H](C)[C@]2(O)C=CC(=O)[C@@]12C. The van der Waals surface area contributed by atoms with E-state index < -0.39 is 34.6 Å². The normalized spacial score (nSPS) is 39.2. The van der Waals surface area contributed by atoms with E-state index in [-0.39, 0.29) is 17.7 Å². The first-order chi connectivity index (χ1) is 17.3. The number of allylic oxidation sites excluding steroid dienone is 1. The molecule has 2 heterocycles. The van der Waals surface area contributed by atoms with Crippen LogP contribution < -0.4 is 9.80 Å². The lowest BCUT2D eigenvalue weighted by Crippen LogP contribution is -2.57. The molecule has 7 nitrogen and oxygen atoms in total. The molecule has 2 saturated heterocycles. The second-order valence-electron chi connectivity index (χ2n) is 10.7. The van der Waals surface area contributed by atoms with Crippen LogP contribution in [0.3, 0.4) is 0 Å². The molecule has 0 radical (unpaired) electrons. The van der Waals surface area contributed by atoms with Crippen molar-refractivity contribution in [3.8, 4) is 5.75 Å². The van der Waals surface area contributed by atoms with Crippen molar-refractivity contribution in [2.24, 2.45) is 17.3 Å². The van der Waals surface area contributed by atoms with Gasteiger partial charge in [0.25, 0.3) is 0 Å². The van der Waals surface area contributed by atoms with Gasteiger partial charge < -0.3 is 14.6 Å². The van der Waals surface area contributed by atoms with Crippen LogP contribution >= 0.6 is 0 Å². The summed E-state index contributed by atoms with van der Waals surface area (Å²) in [5.74, 6) is -0.561. The van der Waals surface area contributed by atoms with Crippen molar-refractivity contribution in [2.45, 2.75) is 56.5 Å². The third-order valence-electron chi connectivity index (χ3n) is 9.16. The molecule has 2 aliphatic heterocycles. The second-order valence-corrected chi connectivity index (χ2v) is 10.7. The van der Waals surface area contributed by atoms with Gasteiger partial charge in [-0.05, 0) is 56.0 Å². The van der Waals surface area contributed by atoms with Gasteiger partial charge in [-0.15, -0.1) is 0 Å². The van der Waals surface area contributed by atoms with Gasteiger partial charge in [-0.2, -0.15) is 0 Å². The van der Waals surface area contributed by atoms with Gasteiger partial charge in [-0.3, -0.25) is 9.63 Å². The van der Waals surface area contributed by atoms with Gasteiger partial charge in [0.1, 0.15) is 17.5 Å². The fourth-order valence-electron chi connectivity index (χ4n) is 7.01. The maximum atomic E-state index is 13.8. The van der Waals surface area contributed by atoms with Crippen molar-refractivity contribution in [3.63, 3.8) is 0 Å². The minimum absolute atomic E-state index is 0.178. The highest BCUT2D eigenvalue weighted by Gasteiger charge is 2.74. The van der Waals surface area contributed by atoms with Crippen LogP contribution in [0.15, 0.2) is 66.7 Å². The summed E-state index contributed by atoms with van der Waals surface area (Å²) in [6.07, 6.45) is 3.82. The van der Waals surface area contributed by atoms with Crippen LogP contribution in [-0.4, -0.2) is 41.3 Å². The van der Waals surface area contributed by atoms with Crippen LogP contribution in [0.1, 0.15) is 44.7 Å². The zero-order chi connectivity index (χ0) is 25.3. The van der Waals surface area contributed by atoms with Crippen LogP contribution in [0.4, 0.5) is 5.69 Å². The fraction of sp³-hybridized carbons (Fsp3) is 0.448. The Kier molecular flexibility index (Phi) is 5.11. The molecule has 1 N–H and O–H groups in total. The Bertz CT molecular complexity index is 1250. The third-order valence-corrected chi connectivity index (χ3v) is 9.16. The molecule has 7 atom stereocenters. The predicted molar refractivity (Wildman–Crippen MR) is 132 cm³/mol. The predicted octanol–water partition coefficient (Wildman–Crippen LogP) is 4.16. The number of hydrogen-bond donors (Lipinski definition) is 1. The highest BCUT2D eigenvalue weighted by atomic mass is 16.7. The number of esters is 1. The van der Waals surface area contributed by atoms with Crippen LogP contribution in [-0.2, 0) is 19.2 Å². The zero-order valence-electron chi connectivity index (χ0n) is 20.7. The Hall–Kier alpha value is -3.16. The summed E-state index contributed by atoms with van der Waals surface area (Å²) < 4.78 is 11.7. The van der Waals surface area contributed by atoms with Crippen LogP contribution in [0.25, 0.3) is 0 Å². The van der Waals surface area contributed by atoms with Crippen molar-refractivity contribution in [3.05, 3.63) is 72.3 Å².